The van der Waals surface area contributed by atoms with Gasteiger partial charge in [-0.15, -0.1) is 0 Å². The molecule has 0 heterocycles. The Kier molecular flexibility index (Phi) is 9.42. The van der Waals surface area contributed by atoms with Gasteiger partial charge in [0.25, 0.3) is 0 Å². The highest BCUT2D eigenvalue weighted by molar-refractivity contribution is 7.80. The van der Waals surface area contributed by atoms with Crippen LogP contribution in [-0.4, -0.2) is 65.1 Å². The number of carbonyl (C=O) groups is 5. The second-order valence-corrected chi connectivity index (χ2v) is 5.23. The topological polar surface area (TPSA) is 194 Å². The fraction of sp³-hybridized carbons (Fsp3) is 0.583. The van der Waals surface area contributed by atoms with Gasteiger partial charge in [0, 0.05) is 5.75 Å². The average Bonchev–Trinajstić information content (AvgIpc) is 2.50. The van der Waals surface area contributed by atoms with E-state index in [2.05, 4.69) is 23.3 Å². The molecule has 0 aliphatic carbocycles. The molecule has 3 unspecified atom stereocenters. The van der Waals surface area contributed by atoms with Crippen molar-refractivity contribution in [3.8, 4) is 0 Å². The molecule has 0 radical (unpaired) electrons. The van der Waals surface area contributed by atoms with Gasteiger partial charge in [0.05, 0.1) is 19.0 Å². The molecule has 24 heavy (non-hydrogen) atoms. The first-order valence-corrected chi connectivity index (χ1v) is 7.46. The highest BCUT2D eigenvalue weighted by Gasteiger charge is 2.23. The molecule has 0 aromatic heterocycles. The fourth-order valence-corrected chi connectivity index (χ4v) is 1.60. The quantitative estimate of drug-likeness (QED) is 0.194. The van der Waals surface area contributed by atoms with Crippen LogP contribution >= 0.6 is 12.6 Å². The highest BCUT2D eigenvalue weighted by atomic mass is 32.1. The zero-order valence-electron chi connectivity index (χ0n) is 12.9. The standard InChI is InChI=1S/C12H21N5O6S/c1-5(16-11(21)6(13)4-24)10(20)15-3-9(19)17-7(12(22)23)2-8(14)18/h5-7,24H,2-4,13H2,1H3,(H2,14,18)(H,15,20)(H,16,21)(H,17,19)(H,22,23). The normalized spacial score (nSPS) is 14.0. The van der Waals surface area contributed by atoms with Gasteiger partial charge >= 0.3 is 5.97 Å². The third kappa shape index (κ3) is 8.33. The summed E-state index contributed by atoms with van der Waals surface area (Å²) in [6.45, 7) is 0.837. The Bertz CT molecular complexity index is 514. The smallest absolute Gasteiger partial charge is 0.326 e. The third-order valence-corrected chi connectivity index (χ3v) is 3.14. The van der Waals surface area contributed by atoms with Gasteiger partial charge < -0.3 is 32.5 Å². The lowest BCUT2D eigenvalue weighted by Crippen LogP contribution is -2.53. The molecule has 0 fully saturated rings. The lowest BCUT2D eigenvalue weighted by Gasteiger charge is -2.17. The van der Waals surface area contributed by atoms with Gasteiger partial charge in [-0.2, -0.15) is 12.6 Å². The molecule has 11 nitrogen and oxygen atoms in total. The van der Waals surface area contributed by atoms with Crippen molar-refractivity contribution in [1.82, 2.24) is 16.0 Å². The number of amides is 4. The van der Waals surface area contributed by atoms with Crippen LogP contribution in [0.25, 0.3) is 0 Å². The summed E-state index contributed by atoms with van der Waals surface area (Å²) in [5.41, 5.74) is 10.3. The second-order valence-electron chi connectivity index (χ2n) is 4.87. The van der Waals surface area contributed by atoms with E-state index in [0.717, 1.165) is 0 Å². The van der Waals surface area contributed by atoms with Crippen LogP contribution in [0.1, 0.15) is 13.3 Å². The van der Waals surface area contributed by atoms with E-state index >= 15 is 0 Å². The number of hydrogen-bond donors (Lipinski definition) is 7. The molecule has 0 aromatic rings. The summed E-state index contributed by atoms with van der Waals surface area (Å²) in [5, 5.41) is 15.4. The molecule has 3 atom stereocenters. The molecule has 0 rings (SSSR count). The van der Waals surface area contributed by atoms with Crippen molar-refractivity contribution in [2.45, 2.75) is 31.5 Å². The van der Waals surface area contributed by atoms with E-state index in [1.54, 1.807) is 0 Å². The van der Waals surface area contributed by atoms with Crippen molar-refractivity contribution >= 4 is 42.2 Å². The summed E-state index contributed by atoms with van der Waals surface area (Å²) in [4.78, 5) is 56.4. The Hall–Kier alpha value is -2.34. The maximum absolute atomic E-state index is 11.7. The monoisotopic (exact) mass is 363 g/mol. The van der Waals surface area contributed by atoms with E-state index in [1.807, 2.05) is 5.32 Å². The molecule has 0 aromatic carbocycles. The fourth-order valence-electron chi connectivity index (χ4n) is 1.44. The Balaban J connectivity index is 4.38. The van der Waals surface area contributed by atoms with Crippen molar-refractivity contribution in [1.29, 1.82) is 0 Å². The minimum atomic E-state index is -1.49. The Morgan fingerprint density at radius 3 is 2.17 bits per heavy atom. The van der Waals surface area contributed by atoms with Gasteiger partial charge in [-0.1, -0.05) is 0 Å². The van der Waals surface area contributed by atoms with Gasteiger partial charge in [-0.25, -0.2) is 4.79 Å². The summed E-state index contributed by atoms with van der Waals surface area (Å²) in [7, 11) is 0. The lowest BCUT2D eigenvalue weighted by atomic mass is 10.2. The van der Waals surface area contributed by atoms with Crippen molar-refractivity contribution in [3.63, 3.8) is 0 Å². The number of hydrogen-bond acceptors (Lipinski definition) is 7. The van der Waals surface area contributed by atoms with Crippen molar-refractivity contribution in [3.05, 3.63) is 0 Å². The van der Waals surface area contributed by atoms with Gasteiger partial charge in [0.1, 0.15) is 12.1 Å². The Labute approximate surface area is 143 Å². The number of carbonyl (C=O) groups excluding carboxylic acids is 4. The van der Waals surface area contributed by atoms with Crippen LogP contribution in [-0.2, 0) is 24.0 Å². The Morgan fingerprint density at radius 1 is 1.12 bits per heavy atom. The number of carboxylic acids is 1. The van der Waals surface area contributed by atoms with Crippen molar-refractivity contribution < 1.29 is 29.1 Å². The lowest BCUT2D eigenvalue weighted by molar-refractivity contribution is -0.143. The second kappa shape index (κ2) is 10.4. The molecule has 4 amide bonds. The predicted octanol–water partition coefficient (Wildman–Crippen LogP) is -3.69. The number of thiol groups is 1. The van der Waals surface area contributed by atoms with Crippen LogP contribution in [0.5, 0.6) is 0 Å². The van der Waals surface area contributed by atoms with E-state index in [0.29, 0.717) is 0 Å². The minimum Gasteiger partial charge on any atom is -0.480 e. The van der Waals surface area contributed by atoms with Gasteiger partial charge in [0.15, 0.2) is 0 Å². The van der Waals surface area contributed by atoms with Gasteiger partial charge in [0.2, 0.25) is 23.6 Å². The average molecular weight is 363 g/mol. The third-order valence-electron chi connectivity index (χ3n) is 2.75. The zero-order chi connectivity index (χ0) is 18.9. The van der Waals surface area contributed by atoms with E-state index in [1.165, 1.54) is 6.92 Å². The molecule has 0 spiro atoms. The zero-order valence-corrected chi connectivity index (χ0v) is 13.8. The predicted molar refractivity (Wildman–Crippen MR) is 85.8 cm³/mol. The van der Waals surface area contributed by atoms with Crippen LogP contribution in [0.4, 0.5) is 0 Å². The molecular formula is C12H21N5O6S. The van der Waals surface area contributed by atoms with E-state index < -0.39 is 60.7 Å². The molecule has 0 saturated carbocycles. The first-order valence-electron chi connectivity index (χ1n) is 6.83. The van der Waals surface area contributed by atoms with Crippen LogP contribution < -0.4 is 27.4 Å². The highest BCUT2D eigenvalue weighted by Crippen LogP contribution is 1.92. The molecule has 136 valence electrons. The Morgan fingerprint density at radius 2 is 1.71 bits per heavy atom. The number of rotatable bonds is 10. The number of nitrogens with two attached hydrogens (primary N) is 2. The molecule has 0 aliphatic rings. The van der Waals surface area contributed by atoms with Crippen LogP contribution in [0.3, 0.4) is 0 Å². The van der Waals surface area contributed by atoms with E-state index in [4.69, 9.17) is 16.6 Å². The van der Waals surface area contributed by atoms with Crippen LogP contribution in [0, 0.1) is 0 Å². The SMILES string of the molecule is CC(NC(=O)C(N)CS)C(=O)NCC(=O)NC(CC(N)=O)C(=O)O. The largest absolute Gasteiger partial charge is 0.480 e. The number of nitrogens with one attached hydrogen (secondary N) is 3. The first-order chi connectivity index (χ1) is 11.1. The van der Waals surface area contributed by atoms with Crippen LogP contribution in [0.2, 0.25) is 0 Å². The maximum atomic E-state index is 11.7. The summed E-state index contributed by atoms with van der Waals surface area (Å²) in [6, 6.07) is -3.33. The molecule has 0 saturated heterocycles. The van der Waals surface area contributed by atoms with E-state index in [9.17, 15) is 24.0 Å². The molecular weight excluding hydrogens is 342 g/mol. The van der Waals surface area contributed by atoms with E-state index in [-0.39, 0.29) is 5.75 Å². The number of aliphatic carboxylic acids is 1. The molecule has 0 aliphatic heterocycles. The minimum absolute atomic E-state index is 0.0962. The maximum Gasteiger partial charge on any atom is 0.326 e. The number of carboxylic acid groups (broad SMARTS) is 1. The molecule has 12 heteroatoms. The van der Waals surface area contributed by atoms with Gasteiger partial charge in [-0.05, 0) is 6.92 Å². The van der Waals surface area contributed by atoms with Crippen molar-refractivity contribution in [2.24, 2.45) is 11.5 Å². The first kappa shape index (κ1) is 21.7. The number of primary amides is 1. The summed E-state index contributed by atoms with van der Waals surface area (Å²) < 4.78 is 0. The summed E-state index contributed by atoms with van der Waals surface area (Å²) in [5.74, 6) is -4.32. The summed E-state index contributed by atoms with van der Waals surface area (Å²) in [6.07, 6.45) is -0.580. The molecule has 0 bridgehead atoms. The summed E-state index contributed by atoms with van der Waals surface area (Å²) >= 11 is 3.85. The molecule has 8 N–H and O–H groups in total. The van der Waals surface area contributed by atoms with Crippen LogP contribution in [0.15, 0.2) is 0 Å². The van der Waals surface area contributed by atoms with Gasteiger partial charge in [-0.3, -0.25) is 19.2 Å². The van der Waals surface area contributed by atoms with Crippen molar-refractivity contribution in [2.75, 3.05) is 12.3 Å².